The molecule has 0 saturated carbocycles. The Morgan fingerprint density at radius 1 is 1.24 bits per heavy atom. The summed E-state index contributed by atoms with van der Waals surface area (Å²) >= 11 is 0. The van der Waals surface area contributed by atoms with Crippen molar-refractivity contribution in [1.82, 2.24) is 15.6 Å². The van der Waals surface area contributed by atoms with Crippen LogP contribution in [0.5, 0.6) is 0 Å². The van der Waals surface area contributed by atoms with Gasteiger partial charge in [-0.05, 0) is 32.9 Å². The van der Waals surface area contributed by atoms with E-state index in [9.17, 15) is 9.59 Å². The van der Waals surface area contributed by atoms with Crippen molar-refractivity contribution in [2.75, 3.05) is 12.3 Å². The molecule has 0 atom stereocenters. The molecule has 0 aliphatic carbocycles. The predicted molar refractivity (Wildman–Crippen MR) is 85.1 cm³/mol. The fourth-order valence-corrected chi connectivity index (χ4v) is 1.56. The second-order valence-corrected chi connectivity index (χ2v) is 5.66. The molecule has 1 aromatic rings. The topological polar surface area (TPSA) is 97.1 Å². The molecule has 21 heavy (non-hydrogen) atoms. The zero-order valence-corrected chi connectivity index (χ0v) is 13.4. The van der Waals surface area contributed by atoms with E-state index in [0.717, 1.165) is 0 Å². The van der Waals surface area contributed by atoms with Crippen molar-refractivity contribution in [2.24, 2.45) is 0 Å². The highest BCUT2D eigenvalue weighted by atomic mass is 35.5. The van der Waals surface area contributed by atoms with Crippen LogP contribution in [-0.2, 0) is 16.0 Å². The molecule has 0 aromatic carbocycles. The molecule has 1 rings (SSSR count). The van der Waals surface area contributed by atoms with Gasteiger partial charge in [-0.3, -0.25) is 14.6 Å². The highest BCUT2D eigenvalue weighted by Crippen LogP contribution is 2.02. The maximum absolute atomic E-state index is 11.7. The lowest BCUT2D eigenvalue weighted by molar-refractivity contribution is -0.123. The van der Waals surface area contributed by atoms with E-state index in [-0.39, 0.29) is 42.6 Å². The SMILES string of the molecule is CC(C)(C)NC(=O)CCNC(=O)Cc1ccc(N)cn1.Cl. The first-order valence-corrected chi connectivity index (χ1v) is 6.54. The molecule has 118 valence electrons. The van der Waals surface area contributed by atoms with Crippen LogP contribution in [0.15, 0.2) is 18.3 Å². The van der Waals surface area contributed by atoms with Gasteiger partial charge in [-0.2, -0.15) is 0 Å². The lowest BCUT2D eigenvalue weighted by Gasteiger charge is -2.20. The van der Waals surface area contributed by atoms with E-state index >= 15 is 0 Å². The number of aromatic nitrogens is 1. The molecule has 4 N–H and O–H groups in total. The molecule has 2 amide bonds. The maximum atomic E-state index is 11.7. The van der Waals surface area contributed by atoms with Gasteiger partial charge in [0.2, 0.25) is 11.8 Å². The molecule has 0 saturated heterocycles. The summed E-state index contributed by atoms with van der Waals surface area (Å²) in [7, 11) is 0. The largest absolute Gasteiger partial charge is 0.397 e. The van der Waals surface area contributed by atoms with Gasteiger partial charge in [-0.25, -0.2) is 0 Å². The van der Waals surface area contributed by atoms with Crippen LogP contribution in [0.2, 0.25) is 0 Å². The summed E-state index contributed by atoms with van der Waals surface area (Å²) in [5.74, 6) is -0.241. The Morgan fingerprint density at radius 3 is 2.43 bits per heavy atom. The summed E-state index contributed by atoms with van der Waals surface area (Å²) in [6.07, 6.45) is 1.96. The van der Waals surface area contributed by atoms with Gasteiger partial charge in [-0.15, -0.1) is 12.4 Å². The van der Waals surface area contributed by atoms with Gasteiger partial charge in [0.25, 0.3) is 0 Å². The lowest BCUT2D eigenvalue weighted by Crippen LogP contribution is -2.42. The van der Waals surface area contributed by atoms with Crippen LogP contribution in [-0.4, -0.2) is 28.9 Å². The summed E-state index contributed by atoms with van der Waals surface area (Å²) in [5.41, 5.74) is 6.47. The number of nitrogens with one attached hydrogen (secondary N) is 2. The predicted octanol–water partition coefficient (Wildman–Crippen LogP) is 1.05. The van der Waals surface area contributed by atoms with Gasteiger partial charge in [0, 0.05) is 24.2 Å². The first-order chi connectivity index (χ1) is 9.26. The molecule has 7 heteroatoms. The monoisotopic (exact) mass is 314 g/mol. The number of pyridine rings is 1. The number of anilines is 1. The third-order valence-corrected chi connectivity index (χ3v) is 2.38. The Hall–Kier alpha value is -1.82. The van der Waals surface area contributed by atoms with Gasteiger partial charge in [0.1, 0.15) is 0 Å². The third-order valence-electron chi connectivity index (χ3n) is 2.38. The molecule has 0 radical (unpaired) electrons. The van der Waals surface area contributed by atoms with E-state index in [1.165, 1.54) is 6.20 Å². The van der Waals surface area contributed by atoms with Crippen molar-refractivity contribution < 1.29 is 9.59 Å². The van der Waals surface area contributed by atoms with Crippen molar-refractivity contribution in [3.63, 3.8) is 0 Å². The highest BCUT2D eigenvalue weighted by Gasteiger charge is 2.13. The number of halogens is 1. The first-order valence-electron chi connectivity index (χ1n) is 6.54. The number of nitrogens with zero attached hydrogens (tertiary/aromatic N) is 1. The van der Waals surface area contributed by atoms with E-state index in [1.54, 1.807) is 12.1 Å². The standard InChI is InChI=1S/C14H22N4O2.ClH/c1-14(2,3)18-12(19)6-7-16-13(20)8-11-5-4-10(15)9-17-11;/h4-5,9H,6-8,15H2,1-3H3,(H,16,20)(H,18,19);1H. The third kappa shape index (κ3) is 8.86. The molecule has 0 spiro atoms. The Labute approximate surface area is 131 Å². The Balaban J connectivity index is 0.00000400. The average Bonchev–Trinajstić information content (AvgIpc) is 2.29. The molecule has 6 nitrogen and oxygen atoms in total. The molecule has 1 heterocycles. The molecular weight excluding hydrogens is 292 g/mol. The normalized spacial score (nSPS) is 10.4. The zero-order valence-electron chi connectivity index (χ0n) is 12.6. The zero-order chi connectivity index (χ0) is 15.2. The number of carbonyl (C=O) groups excluding carboxylic acids is 2. The number of nitrogens with two attached hydrogens (primary N) is 1. The summed E-state index contributed by atoms with van der Waals surface area (Å²) in [6, 6.07) is 3.41. The minimum absolute atomic E-state index is 0. The Kier molecular flexibility index (Phi) is 7.73. The van der Waals surface area contributed by atoms with Crippen LogP contribution in [0.3, 0.4) is 0 Å². The number of amides is 2. The number of carbonyl (C=O) groups is 2. The summed E-state index contributed by atoms with van der Waals surface area (Å²) in [5, 5.41) is 5.52. The smallest absolute Gasteiger partial charge is 0.226 e. The van der Waals surface area contributed by atoms with Crippen molar-refractivity contribution in [3.05, 3.63) is 24.0 Å². The molecule has 1 aromatic heterocycles. The van der Waals surface area contributed by atoms with Crippen LogP contribution in [0.1, 0.15) is 32.9 Å². The van der Waals surface area contributed by atoms with Gasteiger partial charge >= 0.3 is 0 Å². The van der Waals surface area contributed by atoms with Gasteiger partial charge in [-0.1, -0.05) is 0 Å². The molecule has 0 aliphatic heterocycles. The van der Waals surface area contributed by atoms with E-state index in [4.69, 9.17) is 5.73 Å². The second-order valence-electron chi connectivity index (χ2n) is 5.66. The molecule has 0 aliphatic rings. The minimum Gasteiger partial charge on any atom is -0.397 e. The Bertz CT molecular complexity index is 469. The number of hydrogen-bond acceptors (Lipinski definition) is 4. The highest BCUT2D eigenvalue weighted by molar-refractivity contribution is 5.85. The van der Waals surface area contributed by atoms with E-state index < -0.39 is 0 Å². The molecular formula is C14H23ClN4O2. The number of rotatable bonds is 5. The lowest BCUT2D eigenvalue weighted by atomic mass is 10.1. The number of nitrogen functional groups attached to an aromatic ring is 1. The van der Waals surface area contributed by atoms with E-state index in [2.05, 4.69) is 15.6 Å². The second kappa shape index (κ2) is 8.46. The van der Waals surface area contributed by atoms with E-state index in [0.29, 0.717) is 17.9 Å². The first kappa shape index (κ1) is 19.2. The molecule has 0 bridgehead atoms. The summed E-state index contributed by atoms with van der Waals surface area (Å²) < 4.78 is 0. The van der Waals surface area contributed by atoms with Gasteiger partial charge < -0.3 is 16.4 Å². The summed E-state index contributed by atoms with van der Waals surface area (Å²) in [4.78, 5) is 27.2. The van der Waals surface area contributed by atoms with Crippen molar-refractivity contribution in [3.8, 4) is 0 Å². The molecule has 0 fully saturated rings. The number of hydrogen-bond donors (Lipinski definition) is 3. The van der Waals surface area contributed by atoms with Crippen LogP contribution in [0, 0.1) is 0 Å². The minimum atomic E-state index is -0.255. The quantitative estimate of drug-likeness (QED) is 0.756. The fraction of sp³-hybridized carbons (Fsp3) is 0.500. The fourth-order valence-electron chi connectivity index (χ4n) is 1.56. The van der Waals surface area contributed by atoms with Gasteiger partial charge in [0.15, 0.2) is 0 Å². The van der Waals surface area contributed by atoms with Crippen LogP contribution in [0.25, 0.3) is 0 Å². The molecule has 0 unspecified atom stereocenters. The Morgan fingerprint density at radius 2 is 1.90 bits per heavy atom. The van der Waals surface area contributed by atoms with Crippen molar-refractivity contribution in [1.29, 1.82) is 0 Å². The van der Waals surface area contributed by atoms with E-state index in [1.807, 2.05) is 20.8 Å². The van der Waals surface area contributed by atoms with Crippen LogP contribution < -0.4 is 16.4 Å². The van der Waals surface area contributed by atoms with Crippen LogP contribution >= 0.6 is 12.4 Å². The van der Waals surface area contributed by atoms with Crippen molar-refractivity contribution in [2.45, 2.75) is 39.2 Å². The average molecular weight is 315 g/mol. The van der Waals surface area contributed by atoms with Gasteiger partial charge in [0.05, 0.1) is 18.3 Å². The van der Waals surface area contributed by atoms with Crippen LogP contribution in [0.4, 0.5) is 5.69 Å². The van der Waals surface area contributed by atoms with Crippen molar-refractivity contribution >= 4 is 29.9 Å². The maximum Gasteiger partial charge on any atom is 0.226 e. The summed E-state index contributed by atoms with van der Waals surface area (Å²) in [6.45, 7) is 6.05.